The molecule has 0 bridgehead atoms. The summed E-state index contributed by atoms with van der Waals surface area (Å²) in [7, 11) is -9.75. The van der Waals surface area contributed by atoms with Gasteiger partial charge < -0.3 is 34.2 Å². The number of aliphatic hydroxyl groups is 2. The largest absolute Gasteiger partial charge is 0.472 e. The summed E-state index contributed by atoms with van der Waals surface area (Å²) in [5.41, 5.74) is 0. The van der Waals surface area contributed by atoms with Gasteiger partial charge in [-0.2, -0.15) is 0 Å². The minimum Gasteiger partial charge on any atom is -0.463 e. The van der Waals surface area contributed by atoms with Crippen LogP contribution in [0.2, 0.25) is 0 Å². The first-order valence-corrected chi connectivity index (χ1v) is 40.6. The van der Waals surface area contributed by atoms with Crippen LogP contribution >= 0.6 is 15.6 Å². The number of phosphoric ester groups is 2. The lowest BCUT2D eigenvalue weighted by atomic mass is 10.0. The standard InChI is InChI=1S/C75H138O16P2/c1-4-7-10-13-16-19-22-24-26-27-28-29-30-31-32-33-34-35-36-37-38-39-40-41-43-45-47-49-52-55-58-61-73(78)85-64-70(76)65-87-92(81,82)88-66-71(77)67-89-93(83,84)90-69-72(91-75(80)63-60-57-54-51-46-21-18-15-12-9-6-3)68-86-74(79)62-59-56-53-50-48-44-42-25-23-20-17-14-11-8-5-2/h7,10,16,19,24,26,28-29,31-32,70-72,76-77H,4-6,8-9,11-15,17-18,20-23,25,27,30,33-69H2,1-3H3,(H,81,82)(H,83,84)/b10-7-,19-16-,26-24-,29-28-,32-31-. The van der Waals surface area contributed by atoms with Crippen molar-refractivity contribution in [1.82, 2.24) is 0 Å². The number of ether oxygens (including phenoxy) is 3. The summed E-state index contributed by atoms with van der Waals surface area (Å²) in [5.74, 6) is -1.55. The molecule has 0 aliphatic heterocycles. The minimum atomic E-state index is -4.91. The topological polar surface area (TPSA) is 231 Å². The summed E-state index contributed by atoms with van der Waals surface area (Å²) in [4.78, 5) is 58.4. The fourth-order valence-electron chi connectivity index (χ4n) is 10.5. The van der Waals surface area contributed by atoms with Crippen molar-refractivity contribution in [3.8, 4) is 0 Å². The van der Waals surface area contributed by atoms with Crippen molar-refractivity contribution in [1.29, 1.82) is 0 Å². The van der Waals surface area contributed by atoms with Gasteiger partial charge in [0.05, 0.1) is 26.4 Å². The Morgan fingerprint density at radius 1 is 0.312 bits per heavy atom. The van der Waals surface area contributed by atoms with Crippen LogP contribution in [0, 0.1) is 0 Å². The van der Waals surface area contributed by atoms with Crippen LogP contribution in [0.25, 0.3) is 0 Å². The molecule has 0 aromatic rings. The number of carbonyl (C=O) groups excluding carboxylic acids is 3. The van der Waals surface area contributed by atoms with E-state index in [0.29, 0.717) is 19.3 Å². The quantitative estimate of drug-likeness (QED) is 0.0146. The molecule has 0 spiro atoms. The molecule has 544 valence electrons. The van der Waals surface area contributed by atoms with Crippen LogP contribution in [0.5, 0.6) is 0 Å². The van der Waals surface area contributed by atoms with Gasteiger partial charge in [-0.3, -0.25) is 32.5 Å². The molecule has 5 atom stereocenters. The lowest BCUT2D eigenvalue weighted by Gasteiger charge is -2.21. The van der Waals surface area contributed by atoms with Crippen molar-refractivity contribution >= 4 is 33.6 Å². The van der Waals surface area contributed by atoms with Gasteiger partial charge in [-0.25, -0.2) is 9.13 Å². The summed E-state index contributed by atoms with van der Waals surface area (Å²) < 4.78 is 60.9. The SMILES string of the molecule is CC/C=C\C/C=C\C/C=C\C/C=C\C/C=C\CCCCCCCCCCCCCCCCCC(=O)OCC(O)COP(=O)(O)OCC(O)COP(=O)(O)OCC(COC(=O)CCCCCCCCCCCCCCCCC)OC(=O)CCCCCCCCCCCCC. The normalized spacial score (nSPS) is 14.4. The third kappa shape index (κ3) is 70.4. The average molecular weight is 1360 g/mol. The highest BCUT2D eigenvalue weighted by atomic mass is 31.2. The van der Waals surface area contributed by atoms with Gasteiger partial charge in [-0.15, -0.1) is 0 Å². The lowest BCUT2D eigenvalue weighted by Crippen LogP contribution is -2.30. The molecule has 16 nitrogen and oxygen atoms in total. The Hall–Kier alpha value is -2.75. The van der Waals surface area contributed by atoms with Crippen LogP contribution in [-0.2, 0) is 55.8 Å². The highest BCUT2D eigenvalue weighted by Gasteiger charge is 2.29. The maximum Gasteiger partial charge on any atom is 0.472 e. The van der Waals surface area contributed by atoms with Gasteiger partial charge in [0.1, 0.15) is 25.4 Å². The van der Waals surface area contributed by atoms with Gasteiger partial charge in [-0.1, -0.05) is 319 Å². The first kappa shape index (κ1) is 90.2. The lowest BCUT2D eigenvalue weighted by molar-refractivity contribution is -0.161. The molecule has 0 fully saturated rings. The Morgan fingerprint density at radius 2 is 0.570 bits per heavy atom. The number of phosphoric acid groups is 2. The third-order valence-electron chi connectivity index (χ3n) is 16.3. The number of esters is 3. The first-order valence-electron chi connectivity index (χ1n) is 37.6. The van der Waals surface area contributed by atoms with Gasteiger partial charge in [0, 0.05) is 19.3 Å². The number of carbonyl (C=O) groups is 3. The zero-order chi connectivity index (χ0) is 68.1. The van der Waals surface area contributed by atoms with Crippen molar-refractivity contribution in [2.45, 2.75) is 360 Å². The molecule has 0 saturated heterocycles. The van der Waals surface area contributed by atoms with E-state index in [9.17, 15) is 43.5 Å². The van der Waals surface area contributed by atoms with E-state index in [1.54, 1.807) is 0 Å². The fraction of sp³-hybridized carbons (Fsp3) is 0.827. The predicted octanol–water partition coefficient (Wildman–Crippen LogP) is 21.3. The summed E-state index contributed by atoms with van der Waals surface area (Å²) in [5, 5.41) is 20.6. The zero-order valence-electron chi connectivity index (χ0n) is 59.2. The molecular formula is C75H138O16P2. The Labute approximate surface area is 567 Å². The third-order valence-corrected chi connectivity index (χ3v) is 18.2. The highest BCUT2D eigenvalue weighted by molar-refractivity contribution is 7.47. The van der Waals surface area contributed by atoms with E-state index in [0.717, 1.165) is 96.3 Å². The molecule has 5 unspecified atom stereocenters. The molecule has 0 rings (SSSR count). The van der Waals surface area contributed by atoms with Gasteiger partial charge >= 0.3 is 33.6 Å². The summed E-state index contributed by atoms with van der Waals surface area (Å²) in [6.45, 7) is 2.61. The maximum atomic E-state index is 12.9. The molecule has 0 amide bonds. The van der Waals surface area contributed by atoms with Crippen LogP contribution in [0.15, 0.2) is 60.8 Å². The van der Waals surface area contributed by atoms with Crippen LogP contribution in [0.3, 0.4) is 0 Å². The van der Waals surface area contributed by atoms with E-state index in [1.807, 2.05) is 0 Å². The average Bonchev–Trinajstić information content (AvgIpc) is 2.38. The zero-order valence-corrected chi connectivity index (χ0v) is 61.0. The van der Waals surface area contributed by atoms with Crippen LogP contribution in [0.1, 0.15) is 342 Å². The van der Waals surface area contributed by atoms with E-state index in [1.165, 1.54) is 186 Å². The number of rotatable bonds is 72. The van der Waals surface area contributed by atoms with Crippen LogP contribution in [-0.4, -0.2) is 95.9 Å². The molecule has 4 N–H and O–H groups in total. The molecule has 93 heavy (non-hydrogen) atoms. The number of hydrogen-bond acceptors (Lipinski definition) is 14. The number of aliphatic hydroxyl groups excluding tert-OH is 2. The molecule has 0 aliphatic carbocycles. The van der Waals surface area contributed by atoms with E-state index in [-0.39, 0.29) is 19.3 Å². The second kappa shape index (κ2) is 69.2. The van der Waals surface area contributed by atoms with E-state index >= 15 is 0 Å². The Balaban J connectivity index is 4.33. The van der Waals surface area contributed by atoms with Gasteiger partial charge in [0.2, 0.25) is 0 Å². The van der Waals surface area contributed by atoms with Crippen molar-refractivity contribution in [2.75, 3.05) is 39.6 Å². The Morgan fingerprint density at radius 3 is 0.903 bits per heavy atom. The van der Waals surface area contributed by atoms with E-state index < -0.39 is 91.5 Å². The monoisotopic (exact) mass is 1360 g/mol. The number of hydrogen-bond donors (Lipinski definition) is 4. The van der Waals surface area contributed by atoms with Crippen LogP contribution in [0.4, 0.5) is 0 Å². The fourth-order valence-corrected chi connectivity index (χ4v) is 12.1. The summed E-state index contributed by atoms with van der Waals surface area (Å²) >= 11 is 0. The van der Waals surface area contributed by atoms with E-state index in [4.69, 9.17) is 32.3 Å². The smallest absolute Gasteiger partial charge is 0.463 e. The molecule has 0 heterocycles. The first-order chi connectivity index (χ1) is 45.2. The van der Waals surface area contributed by atoms with Crippen molar-refractivity contribution in [3.63, 3.8) is 0 Å². The van der Waals surface area contributed by atoms with Gasteiger partial charge in [-0.05, 0) is 64.2 Å². The van der Waals surface area contributed by atoms with Crippen molar-refractivity contribution < 1.29 is 75.8 Å². The highest BCUT2D eigenvalue weighted by Crippen LogP contribution is 2.45. The second-order valence-corrected chi connectivity index (χ2v) is 28.3. The Kier molecular flexibility index (Phi) is 67.1. The number of allylic oxidation sites excluding steroid dienone is 10. The minimum absolute atomic E-state index is 0.113. The maximum absolute atomic E-state index is 12.9. The van der Waals surface area contributed by atoms with E-state index in [2.05, 4.69) is 81.5 Å². The van der Waals surface area contributed by atoms with Crippen LogP contribution < -0.4 is 0 Å². The molecule has 0 aromatic heterocycles. The molecule has 18 heteroatoms. The molecule has 0 aliphatic rings. The Bertz CT molecular complexity index is 1940. The van der Waals surface area contributed by atoms with Gasteiger partial charge in [0.25, 0.3) is 0 Å². The molecule has 0 aromatic carbocycles. The van der Waals surface area contributed by atoms with Crippen molar-refractivity contribution in [2.24, 2.45) is 0 Å². The van der Waals surface area contributed by atoms with Crippen molar-refractivity contribution in [3.05, 3.63) is 60.8 Å². The summed E-state index contributed by atoms with van der Waals surface area (Å²) in [6, 6.07) is 0. The molecule has 0 saturated carbocycles. The predicted molar refractivity (Wildman–Crippen MR) is 381 cm³/mol. The molecular weight excluding hydrogens is 1220 g/mol. The second-order valence-electron chi connectivity index (χ2n) is 25.4. The molecule has 0 radical (unpaired) electrons. The summed E-state index contributed by atoms with van der Waals surface area (Å²) in [6.07, 6.45) is 72.9. The number of unbranched alkanes of at least 4 members (excludes halogenated alkanes) is 39. The van der Waals surface area contributed by atoms with Gasteiger partial charge in [0.15, 0.2) is 6.10 Å².